The Morgan fingerprint density at radius 1 is 0.913 bits per heavy atom. The average Bonchev–Trinajstić information content (AvgIpc) is 2.53. The van der Waals surface area contributed by atoms with Crippen molar-refractivity contribution in [2.45, 2.75) is 26.7 Å². The lowest BCUT2D eigenvalue weighted by Gasteiger charge is -2.06. The molecule has 0 radical (unpaired) electrons. The van der Waals surface area contributed by atoms with E-state index in [0.29, 0.717) is 16.8 Å². The van der Waals surface area contributed by atoms with E-state index >= 15 is 0 Å². The zero-order valence-corrected chi connectivity index (χ0v) is 13.3. The second-order valence-electron chi connectivity index (χ2n) is 5.47. The highest BCUT2D eigenvalue weighted by Gasteiger charge is 2.10. The van der Waals surface area contributed by atoms with Crippen LogP contribution in [0.4, 0.5) is 5.69 Å². The summed E-state index contributed by atoms with van der Waals surface area (Å²) in [5.74, 6) is -0.362. The molecule has 0 heterocycles. The molecule has 0 aliphatic carbocycles. The van der Waals surface area contributed by atoms with Crippen LogP contribution in [-0.2, 0) is 4.79 Å². The topological polar surface area (TPSA) is 63.2 Å². The number of amides is 1. The van der Waals surface area contributed by atoms with Gasteiger partial charge in [0, 0.05) is 29.7 Å². The largest absolute Gasteiger partial charge is 0.326 e. The highest BCUT2D eigenvalue weighted by atomic mass is 16.2. The van der Waals surface area contributed by atoms with Crippen LogP contribution in [0, 0.1) is 6.92 Å². The quantitative estimate of drug-likeness (QED) is 0.826. The molecule has 0 bridgehead atoms. The maximum Gasteiger partial charge on any atom is 0.224 e. The van der Waals surface area contributed by atoms with Crippen LogP contribution in [0.1, 0.15) is 46.0 Å². The molecule has 0 aliphatic heterocycles. The van der Waals surface area contributed by atoms with Gasteiger partial charge in [0.2, 0.25) is 5.91 Å². The van der Waals surface area contributed by atoms with Crippen LogP contribution in [0.5, 0.6) is 0 Å². The van der Waals surface area contributed by atoms with Gasteiger partial charge in [0.05, 0.1) is 0 Å². The summed E-state index contributed by atoms with van der Waals surface area (Å²) in [4.78, 5) is 35.3. The summed E-state index contributed by atoms with van der Waals surface area (Å²) in [6.45, 7) is 3.43. The highest BCUT2D eigenvalue weighted by molar-refractivity contribution is 6.00. The van der Waals surface area contributed by atoms with E-state index in [-0.39, 0.29) is 30.3 Å². The van der Waals surface area contributed by atoms with Crippen LogP contribution in [-0.4, -0.2) is 17.5 Å². The van der Waals surface area contributed by atoms with Crippen LogP contribution in [0.25, 0.3) is 0 Å². The van der Waals surface area contributed by atoms with E-state index in [1.807, 2.05) is 19.1 Å². The molecule has 2 rings (SSSR count). The molecule has 2 aromatic rings. The number of hydrogen-bond donors (Lipinski definition) is 1. The molecule has 4 nitrogen and oxygen atoms in total. The molecule has 0 aromatic heterocycles. The van der Waals surface area contributed by atoms with Gasteiger partial charge < -0.3 is 5.32 Å². The molecule has 0 aliphatic rings. The third-order valence-electron chi connectivity index (χ3n) is 3.51. The van der Waals surface area contributed by atoms with E-state index < -0.39 is 0 Å². The predicted octanol–water partition coefficient (Wildman–Crippen LogP) is 3.80. The van der Waals surface area contributed by atoms with Gasteiger partial charge in [0.1, 0.15) is 0 Å². The third-order valence-corrected chi connectivity index (χ3v) is 3.51. The Balaban J connectivity index is 1.90. The molecule has 118 valence electrons. The summed E-state index contributed by atoms with van der Waals surface area (Å²) in [7, 11) is 0. The fourth-order valence-electron chi connectivity index (χ4n) is 2.15. The van der Waals surface area contributed by atoms with Gasteiger partial charge in [0.15, 0.2) is 11.6 Å². The van der Waals surface area contributed by atoms with Crippen LogP contribution in [0.2, 0.25) is 0 Å². The second-order valence-corrected chi connectivity index (χ2v) is 5.47. The van der Waals surface area contributed by atoms with Gasteiger partial charge in [-0.1, -0.05) is 42.0 Å². The lowest BCUT2D eigenvalue weighted by Crippen LogP contribution is -2.13. The van der Waals surface area contributed by atoms with Gasteiger partial charge in [-0.25, -0.2) is 0 Å². The first-order valence-corrected chi connectivity index (χ1v) is 7.46. The standard InChI is InChI=1S/C19H19NO3/c1-13-6-8-15(9-7-13)18(22)10-11-19(23)20-17-5-3-4-16(12-17)14(2)21/h3-9,12H,10-11H2,1-2H3,(H,20,23). The van der Waals surface area contributed by atoms with Gasteiger partial charge in [0.25, 0.3) is 0 Å². The summed E-state index contributed by atoms with van der Waals surface area (Å²) in [6, 6.07) is 14.0. The monoisotopic (exact) mass is 309 g/mol. The Kier molecular flexibility index (Phi) is 5.41. The van der Waals surface area contributed by atoms with Gasteiger partial charge in [-0.15, -0.1) is 0 Å². The number of Topliss-reactive ketones (excluding diaryl/α,β-unsaturated/α-hetero) is 2. The number of aryl methyl sites for hydroxylation is 1. The zero-order chi connectivity index (χ0) is 16.8. The first-order valence-electron chi connectivity index (χ1n) is 7.46. The van der Waals surface area contributed by atoms with E-state index in [1.54, 1.807) is 36.4 Å². The Hall–Kier alpha value is -2.75. The number of nitrogens with one attached hydrogen (secondary N) is 1. The van der Waals surface area contributed by atoms with E-state index in [1.165, 1.54) is 6.92 Å². The molecular weight excluding hydrogens is 290 g/mol. The van der Waals surface area contributed by atoms with Crippen molar-refractivity contribution in [2.75, 3.05) is 5.32 Å². The molecular formula is C19H19NO3. The molecule has 23 heavy (non-hydrogen) atoms. The normalized spacial score (nSPS) is 10.2. The molecule has 1 amide bonds. The molecule has 0 spiro atoms. The van der Waals surface area contributed by atoms with Crippen molar-refractivity contribution in [3.05, 3.63) is 65.2 Å². The van der Waals surface area contributed by atoms with Crippen molar-refractivity contribution in [1.82, 2.24) is 0 Å². The van der Waals surface area contributed by atoms with Crippen LogP contribution in [0.15, 0.2) is 48.5 Å². The maximum atomic E-state index is 12.0. The Morgan fingerprint density at radius 3 is 2.26 bits per heavy atom. The van der Waals surface area contributed by atoms with Gasteiger partial charge in [-0.05, 0) is 26.0 Å². The van der Waals surface area contributed by atoms with E-state index in [4.69, 9.17) is 0 Å². The number of benzene rings is 2. The van der Waals surface area contributed by atoms with E-state index in [2.05, 4.69) is 5.32 Å². The Morgan fingerprint density at radius 2 is 1.61 bits per heavy atom. The van der Waals surface area contributed by atoms with Gasteiger partial charge in [-0.3, -0.25) is 14.4 Å². The molecule has 0 fully saturated rings. The van der Waals surface area contributed by atoms with Crippen molar-refractivity contribution in [1.29, 1.82) is 0 Å². The number of ketones is 2. The maximum absolute atomic E-state index is 12.0. The molecule has 0 atom stereocenters. The Labute approximate surface area is 135 Å². The van der Waals surface area contributed by atoms with E-state index in [9.17, 15) is 14.4 Å². The highest BCUT2D eigenvalue weighted by Crippen LogP contribution is 2.13. The smallest absolute Gasteiger partial charge is 0.224 e. The van der Waals surface area contributed by atoms with Crippen molar-refractivity contribution in [3.8, 4) is 0 Å². The zero-order valence-electron chi connectivity index (χ0n) is 13.3. The summed E-state index contributed by atoms with van der Waals surface area (Å²) in [6.07, 6.45) is 0.262. The van der Waals surface area contributed by atoms with Crippen LogP contribution >= 0.6 is 0 Å². The first kappa shape index (κ1) is 16.6. The first-order chi connectivity index (χ1) is 11.0. The molecule has 4 heteroatoms. The summed E-state index contributed by atoms with van der Waals surface area (Å²) in [5, 5.41) is 2.71. The summed E-state index contributed by atoms with van der Waals surface area (Å²) < 4.78 is 0. The number of rotatable bonds is 6. The van der Waals surface area contributed by atoms with Gasteiger partial charge >= 0.3 is 0 Å². The number of hydrogen-bond acceptors (Lipinski definition) is 3. The van der Waals surface area contributed by atoms with Gasteiger partial charge in [-0.2, -0.15) is 0 Å². The lowest BCUT2D eigenvalue weighted by atomic mass is 10.0. The SMILES string of the molecule is CC(=O)c1cccc(NC(=O)CCC(=O)c2ccc(C)cc2)c1. The minimum Gasteiger partial charge on any atom is -0.326 e. The molecule has 0 saturated carbocycles. The number of carbonyl (C=O) groups is 3. The average molecular weight is 309 g/mol. The molecule has 0 unspecified atom stereocenters. The minimum absolute atomic E-state index is 0.0577. The van der Waals surface area contributed by atoms with Crippen molar-refractivity contribution in [3.63, 3.8) is 0 Å². The predicted molar refractivity (Wildman–Crippen MR) is 89.8 cm³/mol. The lowest BCUT2D eigenvalue weighted by molar-refractivity contribution is -0.116. The van der Waals surface area contributed by atoms with Crippen molar-refractivity contribution < 1.29 is 14.4 Å². The van der Waals surface area contributed by atoms with Crippen molar-refractivity contribution >= 4 is 23.2 Å². The van der Waals surface area contributed by atoms with E-state index in [0.717, 1.165) is 5.56 Å². The minimum atomic E-state index is -0.244. The fraction of sp³-hybridized carbons (Fsp3) is 0.211. The number of anilines is 1. The molecule has 0 saturated heterocycles. The second kappa shape index (κ2) is 7.49. The molecule has 1 N–H and O–H groups in total. The van der Waals surface area contributed by atoms with Crippen LogP contribution in [0.3, 0.4) is 0 Å². The Bertz CT molecular complexity index is 733. The molecule has 2 aromatic carbocycles. The summed E-state index contributed by atoms with van der Waals surface area (Å²) in [5.41, 5.74) is 2.80. The number of carbonyl (C=O) groups excluding carboxylic acids is 3. The fourth-order valence-corrected chi connectivity index (χ4v) is 2.15. The van der Waals surface area contributed by atoms with Crippen molar-refractivity contribution in [2.24, 2.45) is 0 Å². The summed E-state index contributed by atoms with van der Waals surface area (Å²) >= 11 is 0. The third kappa shape index (κ3) is 4.88. The van der Waals surface area contributed by atoms with Crippen LogP contribution < -0.4 is 5.32 Å².